The molecule has 0 saturated heterocycles. The zero-order chi connectivity index (χ0) is 25.9. The van der Waals surface area contributed by atoms with Gasteiger partial charge in [0, 0.05) is 17.8 Å². The highest BCUT2D eigenvalue weighted by atomic mass is 14.6. The van der Waals surface area contributed by atoms with E-state index in [2.05, 4.69) is 141 Å². The summed E-state index contributed by atoms with van der Waals surface area (Å²) in [5, 5.41) is 10.0. The van der Waals surface area contributed by atoms with Crippen LogP contribution in [0.3, 0.4) is 0 Å². The fourth-order valence-corrected chi connectivity index (χ4v) is 6.00. The second-order valence-corrected chi connectivity index (χ2v) is 11.2. The van der Waals surface area contributed by atoms with Gasteiger partial charge in [-0.2, -0.15) is 0 Å². The summed E-state index contributed by atoms with van der Waals surface area (Å²) in [5.41, 5.74) is 6.42. The molecule has 0 aliphatic carbocycles. The molecule has 0 spiro atoms. The molecule has 0 aliphatic heterocycles. The minimum absolute atomic E-state index is 0.0387. The lowest BCUT2D eigenvalue weighted by molar-refractivity contribution is 0.591. The third-order valence-corrected chi connectivity index (χ3v) is 7.90. The monoisotopic (exact) mass is 487 g/mol. The van der Waals surface area contributed by atoms with Crippen LogP contribution < -0.4 is 0 Å². The first-order chi connectivity index (χ1) is 18.5. The molecule has 1 heterocycles. The van der Waals surface area contributed by atoms with Crippen molar-refractivity contribution in [2.24, 2.45) is 0 Å². The van der Waals surface area contributed by atoms with Gasteiger partial charge in [0.05, 0.1) is 0 Å². The number of aromatic nitrogens is 1. The van der Waals surface area contributed by atoms with E-state index < -0.39 is 0 Å². The van der Waals surface area contributed by atoms with Crippen LogP contribution in [0.2, 0.25) is 0 Å². The molecule has 0 unspecified atom stereocenters. The maximum Gasteiger partial charge on any atom is 0.0353 e. The minimum atomic E-state index is 0.0387. The molecule has 0 fully saturated rings. The first kappa shape index (κ1) is 22.7. The molecule has 0 radical (unpaired) electrons. The smallest absolute Gasteiger partial charge is 0.0353 e. The molecule has 0 saturated carbocycles. The Bertz CT molecular complexity index is 2000. The fraction of sp³-hybridized carbons (Fsp3) is 0.108. The van der Waals surface area contributed by atoms with Crippen LogP contribution in [0.4, 0.5) is 0 Å². The van der Waals surface area contributed by atoms with E-state index in [1.165, 1.54) is 70.9 Å². The van der Waals surface area contributed by atoms with Crippen LogP contribution >= 0.6 is 0 Å². The summed E-state index contributed by atoms with van der Waals surface area (Å²) in [5.74, 6) is 0. The fourth-order valence-electron chi connectivity index (χ4n) is 6.00. The van der Waals surface area contributed by atoms with Crippen molar-refractivity contribution in [3.63, 3.8) is 0 Å². The molecule has 7 aromatic rings. The third kappa shape index (κ3) is 3.50. The highest BCUT2D eigenvalue weighted by molar-refractivity contribution is 6.25. The number of hydrogen-bond donors (Lipinski definition) is 0. The summed E-state index contributed by atoms with van der Waals surface area (Å²) in [6.45, 7) is 6.88. The van der Waals surface area contributed by atoms with Crippen LogP contribution in [0.5, 0.6) is 0 Å². The van der Waals surface area contributed by atoms with Gasteiger partial charge in [-0.1, -0.05) is 118 Å². The molecular formula is C37H29N. The molecule has 38 heavy (non-hydrogen) atoms. The van der Waals surface area contributed by atoms with Crippen LogP contribution in [-0.2, 0) is 5.41 Å². The topological polar surface area (TPSA) is 12.9 Å². The maximum absolute atomic E-state index is 4.64. The summed E-state index contributed by atoms with van der Waals surface area (Å²) >= 11 is 0. The molecule has 0 bridgehead atoms. The van der Waals surface area contributed by atoms with Crippen LogP contribution in [-0.4, -0.2) is 4.98 Å². The van der Waals surface area contributed by atoms with E-state index in [0.29, 0.717) is 0 Å². The molecule has 1 nitrogen and oxygen atoms in total. The Hall–Kier alpha value is -4.49. The van der Waals surface area contributed by atoms with Crippen LogP contribution in [0.1, 0.15) is 26.3 Å². The van der Waals surface area contributed by atoms with Gasteiger partial charge in [0.25, 0.3) is 0 Å². The first-order valence-corrected chi connectivity index (χ1v) is 13.3. The Kier molecular flexibility index (Phi) is 5.09. The van der Waals surface area contributed by atoms with E-state index in [4.69, 9.17) is 0 Å². The number of benzene rings is 6. The van der Waals surface area contributed by atoms with Crippen molar-refractivity contribution in [3.8, 4) is 22.3 Å². The molecule has 7 rings (SSSR count). The van der Waals surface area contributed by atoms with Crippen LogP contribution in [0.25, 0.3) is 65.3 Å². The molecule has 182 valence electrons. The quantitative estimate of drug-likeness (QED) is 0.221. The first-order valence-electron chi connectivity index (χ1n) is 13.3. The highest BCUT2D eigenvalue weighted by Crippen LogP contribution is 2.47. The number of pyridine rings is 1. The van der Waals surface area contributed by atoms with Crippen molar-refractivity contribution >= 4 is 43.1 Å². The normalized spacial score (nSPS) is 12.1. The number of nitrogens with zero attached hydrogens (tertiary/aromatic N) is 1. The molecule has 0 amide bonds. The van der Waals surface area contributed by atoms with E-state index in [1.807, 2.05) is 6.20 Å². The number of rotatable bonds is 2. The van der Waals surface area contributed by atoms with E-state index in [1.54, 1.807) is 0 Å². The third-order valence-electron chi connectivity index (χ3n) is 7.90. The maximum atomic E-state index is 4.64. The largest absolute Gasteiger partial charge is 0.264 e. The average molecular weight is 488 g/mol. The molecule has 6 aromatic carbocycles. The summed E-state index contributed by atoms with van der Waals surface area (Å²) in [6.07, 6.45) is 3.99. The van der Waals surface area contributed by atoms with E-state index in [0.717, 1.165) is 0 Å². The average Bonchev–Trinajstić information content (AvgIpc) is 2.95. The number of hydrogen-bond acceptors (Lipinski definition) is 1. The van der Waals surface area contributed by atoms with E-state index in [9.17, 15) is 0 Å². The van der Waals surface area contributed by atoms with Crippen molar-refractivity contribution in [1.29, 1.82) is 0 Å². The van der Waals surface area contributed by atoms with Crippen molar-refractivity contribution in [2.75, 3.05) is 0 Å². The van der Waals surface area contributed by atoms with Crippen LogP contribution in [0.15, 0.2) is 122 Å². The van der Waals surface area contributed by atoms with Gasteiger partial charge in [0.2, 0.25) is 0 Å². The van der Waals surface area contributed by atoms with E-state index in [-0.39, 0.29) is 5.41 Å². The molecule has 0 N–H and O–H groups in total. The lowest BCUT2D eigenvalue weighted by atomic mass is 9.80. The lowest BCUT2D eigenvalue weighted by Crippen LogP contribution is -2.10. The summed E-state index contributed by atoms with van der Waals surface area (Å²) in [7, 11) is 0. The standard InChI is InChI=1S/C37H29N/c1-37(2,3)26-18-19-31-33(22-26)35(29-16-8-12-24-10-4-6-14-27(24)29)32-20-21-38-23-34(32)36(31)30-17-9-13-25-11-5-7-15-28(25)30/h4-23H,1-3H3. The summed E-state index contributed by atoms with van der Waals surface area (Å²) in [6, 6.07) is 40.0. The van der Waals surface area contributed by atoms with Crippen molar-refractivity contribution < 1.29 is 0 Å². The molecular weight excluding hydrogens is 458 g/mol. The molecule has 0 atom stereocenters. The Labute approximate surface area is 223 Å². The highest BCUT2D eigenvalue weighted by Gasteiger charge is 2.22. The van der Waals surface area contributed by atoms with Crippen molar-refractivity contribution in [3.05, 3.63) is 127 Å². The van der Waals surface area contributed by atoms with Gasteiger partial charge in [-0.25, -0.2) is 0 Å². The second kappa shape index (κ2) is 8.53. The second-order valence-electron chi connectivity index (χ2n) is 11.2. The van der Waals surface area contributed by atoms with Crippen molar-refractivity contribution in [1.82, 2.24) is 4.98 Å². The van der Waals surface area contributed by atoms with Gasteiger partial charge in [-0.15, -0.1) is 0 Å². The van der Waals surface area contributed by atoms with Crippen molar-refractivity contribution in [2.45, 2.75) is 26.2 Å². The SMILES string of the molecule is CC(C)(C)c1ccc2c(-c3cccc4ccccc34)c3cnccc3c(-c3cccc4ccccc34)c2c1. The summed E-state index contributed by atoms with van der Waals surface area (Å²) in [4.78, 5) is 4.64. The Morgan fingerprint density at radius 1 is 0.474 bits per heavy atom. The Balaban J connectivity index is 1.72. The zero-order valence-electron chi connectivity index (χ0n) is 22.0. The van der Waals surface area contributed by atoms with Gasteiger partial charge >= 0.3 is 0 Å². The Morgan fingerprint density at radius 2 is 1.03 bits per heavy atom. The van der Waals surface area contributed by atoms with Gasteiger partial charge in [-0.05, 0) is 83.1 Å². The molecule has 1 aromatic heterocycles. The van der Waals surface area contributed by atoms with Crippen LogP contribution in [0, 0.1) is 0 Å². The van der Waals surface area contributed by atoms with Gasteiger partial charge in [0.1, 0.15) is 0 Å². The molecule has 1 heteroatoms. The predicted molar refractivity (Wildman–Crippen MR) is 164 cm³/mol. The summed E-state index contributed by atoms with van der Waals surface area (Å²) < 4.78 is 0. The number of fused-ring (bicyclic) bond motifs is 4. The van der Waals surface area contributed by atoms with E-state index >= 15 is 0 Å². The van der Waals surface area contributed by atoms with Gasteiger partial charge in [0.15, 0.2) is 0 Å². The molecule has 0 aliphatic rings. The minimum Gasteiger partial charge on any atom is -0.264 e. The Morgan fingerprint density at radius 3 is 1.66 bits per heavy atom. The van der Waals surface area contributed by atoms with Gasteiger partial charge in [-0.3, -0.25) is 4.98 Å². The van der Waals surface area contributed by atoms with Gasteiger partial charge < -0.3 is 0 Å². The zero-order valence-corrected chi connectivity index (χ0v) is 22.0. The predicted octanol–water partition coefficient (Wildman–Crippen LogP) is 10.3. The lowest BCUT2D eigenvalue weighted by Gasteiger charge is -2.23.